The molecule has 0 aliphatic heterocycles. The Bertz CT molecular complexity index is 985. The Balaban J connectivity index is 2.06. The van der Waals surface area contributed by atoms with Gasteiger partial charge in [0.1, 0.15) is 11.6 Å². The molecule has 1 aromatic heterocycles. The number of alkyl carbamates (subject to hydrolysis) is 1. The Kier molecular flexibility index (Phi) is 7.98. The molecule has 0 fully saturated rings. The molecule has 0 bridgehead atoms. The van der Waals surface area contributed by atoms with Crippen molar-refractivity contribution in [1.29, 1.82) is 0 Å². The lowest BCUT2D eigenvalue weighted by molar-refractivity contribution is -0.123. The van der Waals surface area contributed by atoms with Crippen LogP contribution in [0.2, 0.25) is 0 Å². The largest absolute Gasteiger partial charge is 0.444 e. The third kappa shape index (κ3) is 8.90. The number of nitrogens with zero attached hydrogens (tertiary/aromatic N) is 1. The minimum absolute atomic E-state index is 0.204. The lowest BCUT2D eigenvalue weighted by atomic mass is 10.0. The van der Waals surface area contributed by atoms with Crippen LogP contribution in [0.3, 0.4) is 0 Å². The van der Waals surface area contributed by atoms with E-state index in [-0.39, 0.29) is 5.69 Å². The Hall–Kier alpha value is -2.70. The summed E-state index contributed by atoms with van der Waals surface area (Å²) in [6.07, 6.45) is -0.317. The number of carbonyl (C=O) groups excluding carboxylic acids is 2. The van der Waals surface area contributed by atoms with E-state index < -0.39 is 40.0 Å². The number of amides is 2. The molecule has 2 amide bonds. The summed E-state index contributed by atoms with van der Waals surface area (Å²) in [5, 5.41) is 7.18. The smallest absolute Gasteiger partial charge is 0.408 e. The summed E-state index contributed by atoms with van der Waals surface area (Å²) in [5.74, 6) is -0.409. The van der Waals surface area contributed by atoms with Crippen molar-refractivity contribution in [2.45, 2.75) is 51.8 Å². The molecule has 10 nitrogen and oxygen atoms in total. The van der Waals surface area contributed by atoms with Gasteiger partial charge in [-0.15, -0.1) is 11.3 Å². The van der Waals surface area contributed by atoms with Gasteiger partial charge in [-0.2, -0.15) is 8.42 Å². The minimum Gasteiger partial charge on any atom is -0.444 e. The first-order valence-corrected chi connectivity index (χ1v) is 11.7. The average Bonchev–Trinajstić information content (AvgIpc) is 3.14. The molecule has 0 aliphatic rings. The van der Waals surface area contributed by atoms with Crippen LogP contribution in [0, 0.1) is 0 Å². The summed E-state index contributed by atoms with van der Waals surface area (Å²) in [6, 6.07) is 5.02. The summed E-state index contributed by atoms with van der Waals surface area (Å²) in [5.41, 5.74) is 2.63. The van der Waals surface area contributed by atoms with Crippen LogP contribution in [0.4, 0.5) is 10.5 Å². The topological polar surface area (TPSA) is 147 Å². The van der Waals surface area contributed by atoms with E-state index in [0.717, 1.165) is 5.56 Å². The van der Waals surface area contributed by atoms with Crippen molar-refractivity contribution in [2.24, 2.45) is 0 Å². The zero-order valence-corrected chi connectivity index (χ0v) is 19.2. The Morgan fingerprint density at radius 2 is 1.84 bits per heavy atom. The van der Waals surface area contributed by atoms with E-state index in [9.17, 15) is 18.0 Å². The molecule has 1 heterocycles. The highest BCUT2D eigenvalue weighted by Gasteiger charge is 2.24. The normalized spacial score (nSPS) is 13.7. The molecule has 0 radical (unpaired) electrons. The zero-order valence-electron chi connectivity index (χ0n) is 17.6. The predicted octanol–water partition coefficient (Wildman–Crippen LogP) is 2.67. The zero-order chi connectivity index (χ0) is 23.2. The number of anilines is 1. The molecule has 0 saturated heterocycles. The van der Waals surface area contributed by atoms with Gasteiger partial charge in [-0.05, 0) is 51.8 Å². The number of carbonyl (C=O) groups is 2. The second kappa shape index (κ2) is 10.1. The first kappa shape index (κ1) is 24.6. The lowest BCUT2D eigenvalue weighted by Gasteiger charge is -2.23. The number of aromatic nitrogens is 1. The molecule has 170 valence electrons. The Morgan fingerprint density at radius 3 is 2.35 bits per heavy atom. The van der Waals surface area contributed by atoms with Crippen LogP contribution in [0.5, 0.6) is 0 Å². The number of nitrogens with one attached hydrogen (secondary N) is 3. The molecule has 31 heavy (non-hydrogen) atoms. The van der Waals surface area contributed by atoms with Crippen LogP contribution in [0.25, 0.3) is 0 Å². The van der Waals surface area contributed by atoms with Crippen molar-refractivity contribution in [3.63, 3.8) is 0 Å². The van der Waals surface area contributed by atoms with Crippen molar-refractivity contribution < 1.29 is 27.3 Å². The standard InChI is InChI=1S/C19H26N4O6S2/c1-12(21-18(25)29-19(2,3)4)17(24)22-15(16-10-30-11-20-16)9-13-5-7-14(8-6-13)23-31(26,27)28/h5-8,10-12,15,23H,9H2,1-4H3,(H,21,25)(H,22,24)(H,26,27,28)/t12?,15-/m0/s1. The molecule has 0 saturated carbocycles. The Labute approximate surface area is 185 Å². The van der Waals surface area contributed by atoms with E-state index in [2.05, 4.69) is 15.6 Å². The molecule has 2 aromatic rings. The number of hydrogen-bond acceptors (Lipinski definition) is 7. The van der Waals surface area contributed by atoms with Gasteiger partial charge in [-0.3, -0.25) is 14.1 Å². The van der Waals surface area contributed by atoms with Crippen LogP contribution in [0.1, 0.15) is 45.0 Å². The summed E-state index contributed by atoms with van der Waals surface area (Å²) in [4.78, 5) is 28.8. The maximum Gasteiger partial charge on any atom is 0.408 e. The van der Waals surface area contributed by atoms with E-state index in [1.54, 1.807) is 45.3 Å². The van der Waals surface area contributed by atoms with Gasteiger partial charge < -0.3 is 15.4 Å². The van der Waals surface area contributed by atoms with Gasteiger partial charge in [0.25, 0.3) is 0 Å². The molecular formula is C19H26N4O6S2. The number of hydrogen-bond donors (Lipinski definition) is 4. The van der Waals surface area contributed by atoms with Crippen LogP contribution in [-0.2, 0) is 26.3 Å². The van der Waals surface area contributed by atoms with E-state index in [1.807, 2.05) is 10.1 Å². The highest BCUT2D eigenvalue weighted by molar-refractivity contribution is 7.87. The van der Waals surface area contributed by atoms with Crippen molar-refractivity contribution in [3.8, 4) is 0 Å². The number of ether oxygens (including phenoxy) is 1. The summed E-state index contributed by atoms with van der Waals surface area (Å²) >= 11 is 1.38. The fourth-order valence-electron chi connectivity index (χ4n) is 2.56. The maximum atomic E-state index is 12.6. The van der Waals surface area contributed by atoms with Crippen LogP contribution in [-0.4, -0.2) is 41.6 Å². The number of benzene rings is 1. The van der Waals surface area contributed by atoms with E-state index >= 15 is 0 Å². The highest BCUT2D eigenvalue weighted by atomic mass is 32.2. The van der Waals surface area contributed by atoms with Crippen LogP contribution in [0.15, 0.2) is 35.2 Å². The average molecular weight is 471 g/mol. The van der Waals surface area contributed by atoms with E-state index in [1.165, 1.54) is 23.5 Å². The SMILES string of the molecule is CC(NC(=O)OC(C)(C)C)C(=O)N[C@@H](Cc1ccc(NS(=O)(=O)O)cc1)c1cscn1. The van der Waals surface area contributed by atoms with Gasteiger partial charge in [0.05, 0.1) is 22.9 Å². The molecular weight excluding hydrogens is 444 g/mol. The molecule has 1 unspecified atom stereocenters. The number of rotatable bonds is 8. The van der Waals surface area contributed by atoms with Gasteiger partial charge in [0, 0.05) is 5.38 Å². The fourth-order valence-corrected chi connectivity index (χ4v) is 3.61. The first-order valence-electron chi connectivity index (χ1n) is 9.34. The second-order valence-corrected chi connectivity index (χ2v) is 9.69. The van der Waals surface area contributed by atoms with Crippen molar-refractivity contribution in [1.82, 2.24) is 15.6 Å². The second-order valence-electron chi connectivity index (χ2n) is 7.82. The monoisotopic (exact) mass is 470 g/mol. The van der Waals surface area contributed by atoms with Gasteiger partial charge >= 0.3 is 16.4 Å². The summed E-state index contributed by atoms with van der Waals surface area (Å²) in [6.45, 7) is 6.73. The van der Waals surface area contributed by atoms with Crippen molar-refractivity contribution >= 4 is 39.3 Å². The molecule has 0 spiro atoms. The first-order chi connectivity index (χ1) is 14.3. The molecule has 4 N–H and O–H groups in total. The third-order valence-electron chi connectivity index (χ3n) is 3.89. The van der Waals surface area contributed by atoms with Gasteiger partial charge in [-0.25, -0.2) is 9.78 Å². The van der Waals surface area contributed by atoms with Crippen molar-refractivity contribution in [2.75, 3.05) is 4.72 Å². The molecule has 12 heteroatoms. The van der Waals surface area contributed by atoms with E-state index in [0.29, 0.717) is 12.1 Å². The fraction of sp³-hybridized carbons (Fsp3) is 0.421. The highest BCUT2D eigenvalue weighted by Crippen LogP contribution is 2.20. The minimum atomic E-state index is -4.36. The Morgan fingerprint density at radius 1 is 1.19 bits per heavy atom. The predicted molar refractivity (Wildman–Crippen MR) is 117 cm³/mol. The number of thiazole rings is 1. The summed E-state index contributed by atoms with van der Waals surface area (Å²) < 4.78 is 37.8. The molecule has 2 rings (SSSR count). The van der Waals surface area contributed by atoms with Gasteiger partial charge in [0.15, 0.2) is 0 Å². The maximum absolute atomic E-state index is 12.6. The van der Waals surface area contributed by atoms with Crippen molar-refractivity contribution in [3.05, 3.63) is 46.4 Å². The molecule has 1 aromatic carbocycles. The molecule has 0 aliphatic carbocycles. The third-order valence-corrected chi connectivity index (χ3v) is 4.99. The lowest BCUT2D eigenvalue weighted by Crippen LogP contribution is -2.47. The van der Waals surface area contributed by atoms with Crippen LogP contribution < -0.4 is 15.4 Å². The summed E-state index contributed by atoms with van der Waals surface area (Å²) in [7, 11) is -4.36. The van der Waals surface area contributed by atoms with Crippen LogP contribution >= 0.6 is 11.3 Å². The van der Waals surface area contributed by atoms with Gasteiger partial charge in [-0.1, -0.05) is 12.1 Å². The quantitative estimate of drug-likeness (QED) is 0.434. The molecule has 2 atom stereocenters. The van der Waals surface area contributed by atoms with Gasteiger partial charge in [0.2, 0.25) is 5.91 Å². The van der Waals surface area contributed by atoms with E-state index in [4.69, 9.17) is 9.29 Å².